The van der Waals surface area contributed by atoms with E-state index in [-0.39, 0.29) is 24.2 Å². The quantitative estimate of drug-likeness (QED) is 0.650. The number of hydrogen-bond acceptors (Lipinski definition) is 1. The lowest BCUT2D eigenvalue weighted by atomic mass is 10.7. The van der Waals surface area contributed by atoms with Gasteiger partial charge in [-0.25, -0.2) is 0 Å². The molecule has 0 aliphatic rings. The molecule has 52 valence electrons. The van der Waals surface area contributed by atoms with E-state index in [0.29, 0.717) is 0 Å². The topological polar surface area (TPSA) is 12.0 Å². The maximum atomic E-state index is 7.06. The standard InChI is InChI=1S/C4H9Cl2N.ClH/c5-1-3-7-4-2-6;/h7H,1-4H2;1H/i3D2,4D2;. The summed E-state index contributed by atoms with van der Waals surface area (Å²) in [5, 5.41) is 2.03. The van der Waals surface area contributed by atoms with Crippen LogP contribution in [0.1, 0.15) is 5.48 Å². The molecule has 0 aromatic heterocycles. The van der Waals surface area contributed by atoms with E-state index in [1.807, 2.05) is 5.32 Å². The minimum Gasteiger partial charge on any atom is -0.314 e. The van der Waals surface area contributed by atoms with Gasteiger partial charge in [0.2, 0.25) is 0 Å². The first kappa shape index (κ1) is 4.62. The van der Waals surface area contributed by atoms with E-state index in [0.717, 1.165) is 0 Å². The van der Waals surface area contributed by atoms with E-state index in [4.69, 9.17) is 28.7 Å². The number of nitrogens with one attached hydrogen (secondary N) is 1. The molecule has 0 radical (unpaired) electrons. The molecule has 0 aliphatic carbocycles. The Morgan fingerprint density at radius 3 is 1.88 bits per heavy atom. The van der Waals surface area contributed by atoms with Crippen molar-refractivity contribution in [2.45, 2.75) is 0 Å². The van der Waals surface area contributed by atoms with Gasteiger partial charge in [0.1, 0.15) is 0 Å². The summed E-state index contributed by atoms with van der Waals surface area (Å²) in [6, 6.07) is 0. The zero-order chi connectivity index (χ0) is 9.12. The molecule has 0 spiro atoms. The first-order valence-electron chi connectivity index (χ1n) is 3.74. The van der Waals surface area contributed by atoms with Crippen LogP contribution in [0.3, 0.4) is 0 Å². The van der Waals surface area contributed by atoms with Crippen LogP contribution >= 0.6 is 35.6 Å². The Morgan fingerprint density at radius 1 is 1.25 bits per heavy atom. The van der Waals surface area contributed by atoms with Gasteiger partial charge in [-0.05, 0) is 0 Å². The summed E-state index contributed by atoms with van der Waals surface area (Å²) in [6.07, 6.45) is 0. The third-order valence-electron chi connectivity index (χ3n) is 0.310. The molecule has 0 aromatic rings. The van der Waals surface area contributed by atoms with E-state index in [9.17, 15) is 0 Å². The largest absolute Gasteiger partial charge is 0.314 e. The van der Waals surface area contributed by atoms with Gasteiger partial charge in [-0.1, -0.05) is 0 Å². The van der Waals surface area contributed by atoms with Gasteiger partial charge in [-0.3, -0.25) is 0 Å². The van der Waals surface area contributed by atoms with Crippen LogP contribution in [0.25, 0.3) is 0 Å². The van der Waals surface area contributed by atoms with Crippen LogP contribution < -0.4 is 5.32 Å². The molecule has 0 saturated carbocycles. The van der Waals surface area contributed by atoms with Crippen LogP contribution in [-0.2, 0) is 0 Å². The van der Waals surface area contributed by atoms with Crippen molar-refractivity contribution in [1.82, 2.24) is 5.32 Å². The number of rotatable bonds is 4. The molecule has 0 aromatic carbocycles. The van der Waals surface area contributed by atoms with Crippen molar-refractivity contribution in [1.29, 1.82) is 0 Å². The maximum absolute atomic E-state index is 7.06. The van der Waals surface area contributed by atoms with E-state index in [2.05, 4.69) is 0 Å². The maximum Gasteiger partial charge on any atom is 0.0440 e. The van der Waals surface area contributed by atoms with Gasteiger partial charge >= 0.3 is 0 Å². The highest BCUT2D eigenvalue weighted by Crippen LogP contribution is 1.71. The number of halogens is 3. The van der Waals surface area contributed by atoms with E-state index >= 15 is 0 Å². The Hall–Kier alpha value is 0.830. The molecule has 0 heterocycles. The molecule has 0 saturated heterocycles. The van der Waals surface area contributed by atoms with Crippen molar-refractivity contribution in [2.24, 2.45) is 0 Å². The molecule has 4 heteroatoms. The summed E-state index contributed by atoms with van der Waals surface area (Å²) in [4.78, 5) is 0. The Balaban J connectivity index is 0. The number of hydrogen-bond donors (Lipinski definition) is 1. The lowest BCUT2D eigenvalue weighted by Gasteiger charge is -1.93. The Labute approximate surface area is 71.8 Å². The molecule has 0 amide bonds. The lowest BCUT2D eigenvalue weighted by molar-refractivity contribution is 0.770. The predicted molar refractivity (Wildman–Crippen MR) is 41.6 cm³/mol. The van der Waals surface area contributed by atoms with Gasteiger partial charge in [-0.15, -0.1) is 35.6 Å². The fourth-order valence-corrected chi connectivity index (χ4v) is 0.263. The van der Waals surface area contributed by atoms with Gasteiger partial charge in [-0.2, -0.15) is 0 Å². The highest BCUT2D eigenvalue weighted by atomic mass is 35.5. The summed E-state index contributed by atoms with van der Waals surface area (Å²) >= 11 is 10.4. The highest BCUT2D eigenvalue weighted by molar-refractivity contribution is 6.18. The van der Waals surface area contributed by atoms with Crippen molar-refractivity contribution in [2.75, 3.05) is 24.8 Å². The predicted octanol–water partition coefficient (Wildman–Crippen LogP) is 1.48. The molecule has 0 bridgehead atoms. The normalized spacial score (nSPS) is 19.2. The zero-order valence-corrected chi connectivity index (χ0v) is 6.41. The summed E-state index contributed by atoms with van der Waals surface area (Å²) in [5.41, 5.74) is 0. The Morgan fingerprint density at radius 2 is 1.62 bits per heavy atom. The molecular formula is C4H10Cl3N. The lowest BCUT2D eigenvalue weighted by Crippen LogP contribution is -2.18. The summed E-state index contributed by atoms with van der Waals surface area (Å²) in [5.74, 6) is -0.632. The second-order valence-corrected chi connectivity index (χ2v) is 1.28. The van der Waals surface area contributed by atoms with Crippen molar-refractivity contribution < 1.29 is 5.48 Å². The van der Waals surface area contributed by atoms with Crippen LogP contribution in [0.2, 0.25) is 0 Å². The average Bonchev–Trinajstić information content (AvgIpc) is 1.86. The molecule has 0 fully saturated rings. The molecular weight excluding hydrogens is 168 g/mol. The molecule has 0 rings (SSSR count). The minimum atomic E-state index is -1.92. The third-order valence-corrected chi connectivity index (χ3v) is 0.578. The fraction of sp³-hybridized carbons (Fsp3) is 1.00. The zero-order valence-electron chi connectivity index (χ0n) is 8.08. The van der Waals surface area contributed by atoms with Gasteiger partial charge in [0.25, 0.3) is 0 Å². The van der Waals surface area contributed by atoms with Gasteiger partial charge in [0, 0.05) is 30.2 Å². The van der Waals surface area contributed by atoms with Crippen LogP contribution in [0.5, 0.6) is 0 Å². The van der Waals surface area contributed by atoms with Crippen molar-refractivity contribution in [3.05, 3.63) is 0 Å². The molecule has 1 nitrogen and oxygen atoms in total. The summed E-state index contributed by atoms with van der Waals surface area (Å²) in [7, 11) is 0. The minimum absolute atomic E-state index is 0. The van der Waals surface area contributed by atoms with Crippen LogP contribution in [-0.4, -0.2) is 24.8 Å². The highest BCUT2D eigenvalue weighted by Gasteiger charge is 1.78. The van der Waals surface area contributed by atoms with E-state index < -0.39 is 13.0 Å². The van der Waals surface area contributed by atoms with E-state index in [1.165, 1.54) is 0 Å². The fourth-order valence-electron chi connectivity index (χ4n) is 0.129. The molecule has 0 aliphatic heterocycles. The first-order chi connectivity index (χ1) is 4.83. The van der Waals surface area contributed by atoms with Crippen LogP contribution in [0.15, 0.2) is 0 Å². The van der Waals surface area contributed by atoms with Crippen molar-refractivity contribution in [3.8, 4) is 0 Å². The molecule has 8 heavy (non-hydrogen) atoms. The second-order valence-electron chi connectivity index (χ2n) is 0.746. The smallest absolute Gasteiger partial charge is 0.0440 e. The van der Waals surface area contributed by atoms with Crippen LogP contribution in [0, 0.1) is 0 Å². The third kappa shape index (κ3) is 9.95. The number of alkyl halides is 2. The summed E-state index contributed by atoms with van der Waals surface area (Å²) in [6.45, 7) is -3.83. The first-order valence-corrected chi connectivity index (χ1v) is 2.81. The van der Waals surface area contributed by atoms with Gasteiger partial charge in [0.05, 0.1) is 0 Å². The Kier molecular flexibility index (Phi) is 6.20. The van der Waals surface area contributed by atoms with Crippen LogP contribution in [0.4, 0.5) is 0 Å². The average molecular weight is 183 g/mol. The molecule has 0 atom stereocenters. The molecule has 1 N–H and O–H groups in total. The van der Waals surface area contributed by atoms with Crippen molar-refractivity contribution >= 4 is 35.6 Å². The molecule has 0 unspecified atom stereocenters. The van der Waals surface area contributed by atoms with Crippen molar-refractivity contribution in [3.63, 3.8) is 0 Å². The van der Waals surface area contributed by atoms with Gasteiger partial charge in [0.15, 0.2) is 0 Å². The summed E-state index contributed by atoms with van der Waals surface area (Å²) < 4.78 is 28.2. The second kappa shape index (κ2) is 10.7. The van der Waals surface area contributed by atoms with Gasteiger partial charge < -0.3 is 5.32 Å². The SMILES string of the molecule is Cl.[2H]C([2H])(CCl)NC([2H])([2H])CCl. The van der Waals surface area contributed by atoms with E-state index in [1.54, 1.807) is 0 Å². The monoisotopic (exact) mass is 181 g/mol. The Bertz CT molecular complexity index is 117.